The van der Waals surface area contributed by atoms with Gasteiger partial charge in [-0.3, -0.25) is 4.79 Å². The third-order valence-electron chi connectivity index (χ3n) is 8.42. The van der Waals surface area contributed by atoms with Gasteiger partial charge in [0, 0.05) is 33.0 Å². The molecule has 39 heavy (non-hydrogen) atoms. The molecule has 4 rings (SSSR count). The van der Waals surface area contributed by atoms with Crippen molar-refractivity contribution < 1.29 is 23.8 Å². The number of imidazole rings is 1. The smallest absolute Gasteiger partial charge is 0.331 e. The Balaban J connectivity index is 1.76. The highest BCUT2D eigenvalue weighted by Crippen LogP contribution is 2.49. The van der Waals surface area contributed by atoms with Crippen LogP contribution < -0.4 is 5.32 Å². The van der Waals surface area contributed by atoms with Gasteiger partial charge in [-0.15, -0.1) is 0 Å². The molecule has 8 nitrogen and oxygen atoms in total. The molecular weight excluding hydrogens is 494 g/mol. The van der Waals surface area contributed by atoms with Crippen LogP contribution >= 0.6 is 0 Å². The Morgan fingerprint density at radius 1 is 1.33 bits per heavy atom. The molecule has 1 N–H and O–H groups in total. The van der Waals surface area contributed by atoms with Gasteiger partial charge in [0.15, 0.2) is 0 Å². The van der Waals surface area contributed by atoms with Crippen molar-refractivity contribution in [1.82, 2.24) is 14.9 Å². The highest BCUT2D eigenvalue weighted by Gasteiger charge is 2.54. The maximum Gasteiger partial charge on any atom is 0.331 e. The number of hydrogen-bond acceptors (Lipinski definition) is 6. The molecule has 0 saturated carbocycles. The minimum atomic E-state index is -1.38. The lowest BCUT2D eigenvalue weighted by Gasteiger charge is -2.41. The molecule has 0 spiro atoms. The molecule has 8 heteroatoms. The van der Waals surface area contributed by atoms with Gasteiger partial charge < -0.3 is 24.1 Å². The maximum absolute atomic E-state index is 13.6. The van der Waals surface area contributed by atoms with Crippen molar-refractivity contribution in [1.29, 1.82) is 0 Å². The van der Waals surface area contributed by atoms with E-state index in [1.54, 1.807) is 25.6 Å². The minimum Gasteiger partial charge on any atom is -0.456 e. The van der Waals surface area contributed by atoms with E-state index in [0.717, 1.165) is 12.8 Å². The quantitative estimate of drug-likeness (QED) is 0.293. The first-order valence-corrected chi connectivity index (χ1v) is 14.0. The number of aromatic nitrogens is 2. The number of fused-ring (bicyclic) bond motifs is 3. The fraction of sp³-hybridized carbons (Fsp3) is 0.581. The molecule has 0 unspecified atom stereocenters. The van der Waals surface area contributed by atoms with E-state index in [1.165, 1.54) is 11.6 Å². The fourth-order valence-corrected chi connectivity index (χ4v) is 6.10. The van der Waals surface area contributed by atoms with Crippen LogP contribution in [-0.4, -0.2) is 52.6 Å². The van der Waals surface area contributed by atoms with Gasteiger partial charge in [-0.1, -0.05) is 38.5 Å². The standard InChI is InChI=1S/C31H43N3O5/c1-8-15-32-29(36)26-16-25-23(20(2)3)11-9-21(4)24(25)17-27(30(5)13-14-31(26,37-7)39-30)38-28(35)12-10-22-18-34(6)19-33-22/h9-10,12-14,16,18-20,23-25,27H,8,11,15,17H2,1-7H3,(H,32,36)/b12-10+,26-16-/t23-,24+,25-,27+,30+,31-/m1/s1. The monoisotopic (exact) mass is 537 g/mol. The summed E-state index contributed by atoms with van der Waals surface area (Å²) < 4.78 is 20.6. The average Bonchev–Trinajstić information content (AvgIpc) is 3.49. The molecule has 0 aromatic carbocycles. The molecule has 6 atom stereocenters. The third kappa shape index (κ3) is 5.97. The third-order valence-corrected chi connectivity index (χ3v) is 8.42. The molecule has 0 fully saturated rings. The fourth-order valence-electron chi connectivity index (χ4n) is 6.10. The molecule has 2 bridgehead atoms. The molecule has 0 saturated heterocycles. The Kier molecular flexibility index (Phi) is 8.66. The van der Waals surface area contributed by atoms with E-state index >= 15 is 0 Å². The zero-order valence-corrected chi connectivity index (χ0v) is 24.3. The van der Waals surface area contributed by atoms with Crippen molar-refractivity contribution in [3.63, 3.8) is 0 Å². The molecule has 2 aliphatic heterocycles. The number of nitrogens with one attached hydrogen (secondary N) is 1. The zero-order valence-electron chi connectivity index (χ0n) is 24.3. The van der Waals surface area contributed by atoms with Crippen LogP contribution in [0.2, 0.25) is 0 Å². The van der Waals surface area contributed by atoms with Gasteiger partial charge >= 0.3 is 5.97 Å². The van der Waals surface area contributed by atoms with Gasteiger partial charge in [0.2, 0.25) is 5.79 Å². The van der Waals surface area contributed by atoms with Crippen molar-refractivity contribution in [2.45, 2.75) is 71.4 Å². The highest BCUT2D eigenvalue weighted by atomic mass is 16.7. The van der Waals surface area contributed by atoms with E-state index in [2.05, 4.69) is 43.2 Å². The van der Waals surface area contributed by atoms with Crippen LogP contribution in [0.5, 0.6) is 0 Å². The van der Waals surface area contributed by atoms with Crippen LogP contribution in [0.4, 0.5) is 0 Å². The number of esters is 1. The van der Waals surface area contributed by atoms with Crippen LogP contribution in [0.25, 0.3) is 6.08 Å². The number of nitrogens with zero attached hydrogens (tertiary/aromatic N) is 2. The number of ether oxygens (including phenoxy) is 3. The molecule has 1 aromatic rings. The van der Waals surface area contributed by atoms with E-state index in [1.807, 2.05) is 37.7 Å². The van der Waals surface area contributed by atoms with Gasteiger partial charge in [-0.2, -0.15) is 0 Å². The van der Waals surface area contributed by atoms with Gasteiger partial charge in [0.25, 0.3) is 5.91 Å². The number of amides is 1. The lowest BCUT2D eigenvalue weighted by Crippen LogP contribution is -2.49. The Labute approximate surface area is 232 Å². The van der Waals surface area contributed by atoms with Crippen LogP contribution in [0.15, 0.2) is 54.1 Å². The van der Waals surface area contributed by atoms with Crippen LogP contribution in [0.3, 0.4) is 0 Å². The number of rotatable bonds is 8. The van der Waals surface area contributed by atoms with E-state index in [-0.39, 0.29) is 17.7 Å². The lowest BCUT2D eigenvalue weighted by atomic mass is 9.65. The minimum absolute atomic E-state index is 0.0506. The molecule has 1 amide bonds. The number of methoxy groups -OCH3 is 1. The largest absolute Gasteiger partial charge is 0.456 e. The number of carbonyl (C=O) groups is 2. The van der Waals surface area contributed by atoms with Crippen molar-refractivity contribution in [3.8, 4) is 0 Å². The molecule has 1 aromatic heterocycles. The van der Waals surface area contributed by atoms with Crippen LogP contribution in [0, 0.1) is 23.7 Å². The first-order chi connectivity index (χ1) is 18.5. The first-order valence-electron chi connectivity index (χ1n) is 14.0. The summed E-state index contributed by atoms with van der Waals surface area (Å²) in [6.45, 7) is 11.1. The Morgan fingerprint density at radius 3 is 2.74 bits per heavy atom. The number of carbonyl (C=O) groups excluding carboxylic acids is 2. The number of aryl methyl sites for hydroxylation is 1. The van der Waals surface area contributed by atoms with Gasteiger partial charge in [0.05, 0.1) is 17.6 Å². The zero-order chi connectivity index (χ0) is 28.4. The van der Waals surface area contributed by atoms with Gasteiger partial charge in [0.1, 0.15) is 11.7 Å². The van der Waals surface area contributed by atoms with Crippen LogP contribution in [-0.2, 0) is 30.8 Å². The lowest BCUT2D eigenvalue weighted by molar-refractivity contribution is -0.225. The Hall–Kier alpha value is -2.97. The Bertz CT molecular complexity index is 1190. The maximum atomic E-state index is 13.6. The average molecular weight is 538 g/mol. The summed E-state index contributed by atoms with van der Waals surface area (Å²) in [5.74, 6) is -1.23. The molecule has 3 aliphatic rings. The van der Waals surface area contributed by atoms with E-state index in [4.69, 9.17) is 14.2 Å². The predicted octanol–water partition coefficient (Wildman–Crippen LogP) is 4.74. The molecule has 212 valence electrons. The van der Waals surface area contributed by atoms with Crippen molar-refractivity contribution >= 4 is 18.0 Å². The summed E-state index contributed by atoms with van der Waals surface area (Å²) in [5, 5.41) is 3.04. The second kappa shape index (κ2) is 11.6. The van der Waals surface area contributed by atoms with Crippen molar-refractivity contribution in [3.05, 3.63) is 59.7 Å². The van der Waals surface area contributed by atoms with E-state index in [0.29, 0.717) is 36.1 Å². The number of allylic oxidation sites excluding steroid dienone is 3. The highest BCUT2D eigenvalue weighted by molar-refractivity contribution is 5.96. The van der Waals surface area contributed by atoms with E-state index in [9.17, 15) is 9.59 Å². The van der Waals surface area contributed by atoms with Crippen LogP contribution in [0.1, 0.15) is 59.6 Å². The summed E-state index contributed by atoms with van der Waals surface area (Å²) >= 11 is 0. The predicted molar refractivity (Wildman–Crippen MR) is 150 cm³/mol. The van der Waals surface area contributed by atoms with Gasteiger partial charge in [-0.25, -0.2) is 9.78 Å². The Morgan fingerprint density at radius 2 is 2.10 bits per heavy atom. The summed E-state index contributed by atoms with van der Waals surface area (Å²) in [5.41, 5.74) is 1.36. The normalized spacial score (nSPS) is 33.5. The molecule has 0 radical (unpaired) electrons. The topological polar surface area (TPSA) is 91.7 Å². The SMILES string of the molecule is CCCNC(=O)/C1=C/[C@@H]2[C@@H](C(C)C)CC=C(C)[C@@H]2C[C@H](OC(=O)/C=C/c2cn(C)cn2)[C@]2(C)C=C[C@@]1(OC)O2. The van der Waals surface area contributed by atoms with E-state index < -0.39 is 23.5 Å². The van der Waals surface area contributed by atoms with Crippen molar-refractivity contribution in [2.75, 3.05) is 13.7 Å². The molecule has 1 aliphatic carbocycles. The van der Waals surface area contributed by atoms with Crippen molar-refractivity contribution in [2.24, 2.45) is 30.7 Å². The van der Waals surface area contributed by atoms with Gasteiger partial charge in [-0.05, 0) is 75.0 Å². The summed E-state index contributed by atoms with van der Waals surface area (Å²) in [6.07, 6.45) is 16.3. The summed E-state index contributed by atoms with van der Waals surface area (Å²) in [4.78, 5) is 31.0. The molecule has 3 heterocycles. The molecular formula is C31H43N3O5. The summed E-state index contributed by atoms with van der Waals surface area (Å²) in [6, 6.07) is 0. The second-order valence-corrected chi connectivity index (χ2v) is 11.6. The number of hydrogen-bond donors (Lipinski definition) is 1. The second-order valence-electron chi connectivity index (χ2n) is 11.6. The summed E-state index contributed by atoms with van der Waals surface area (Å²) in [7, 11) is 3.42. The first kappa shape index (κ1) is 29.0.